The number of nitrogens with two attached hydrogens (primary N) is 1. The van der Waals surface area contributed by atoms with Gasteiger partial charge in [-0.05, 0) is 36.3 Å². The smallest absolute Gasteiger partial charge is 0.346 e. The molecule has 1 aliphatic heterocycles. The number of aliphatic imine (C=N–C) groups is 1. The van der Waals surface area contributed by atoms with Crippen LogP contribution in [-0.4, -0.2) is 23.3 Å². The van der Waals surface area contributed by atoms with Gasteiger partial charge < -0.3 is 10.6 Å². The minimum Gasteiger partial charge on any atom is -0.385 e. The molecule has 0 saturated heterocycles. The molecular formula is C15H19N3O. The molecule has 1 aromatic carbocycles. The van der Waals surface area contributed by atoms with Gasteiger partial charge in [-0.15, -0.1) is 0 Å². The van der Waals surface area contributed by atoms with Crippen molar-refractivity contribution in [1.82, 2.24) is 4.90 Å². The first-order chi connectivity index (χ1) is 9.22. The second-order valence-corrected chi connectivity index (χ2v) is 5.32. The molecule has 1 aromatic rings. The van der Waals surface area contributed by atoms with Gasteiger partial charge in [0.05, 0.1) is 0 Å². The highest BCUT2D eigenvalue weighted by Crippen LogP contribution is 2.44. The fourth-order valence-corrected chi connectivity index (χ4v) is 2.82. The SMILES string of the molecule is CCCN1C(=O)N=C(N)C1c1ccccc1C1CC1. The largest absolute Gasteiger partial charge is 0.385 e. The summed E-state index contributed by atoms with van der Waals surface area (Å²) < 4.78 is 0. The molecule has 1 aliphatic carbocycles. The van der Waals surface area contributed by atoms with Crippen molar-refractivity contribution in [3.05, 3.63) is 35.4 Å². The summed E-state index contributed by atoms with van der Waals surface area (Å²) in [6.45, 7) is 2.76. The summed E-state index contributed by atoms with van der Waals surface area (Å²) in [5.74, 6) is 1.08. The van der Waals surface area contributed by atoms with Gasteiger partial charge >= 0.3 is 6.03 Å². The number of hydrogen-bond acceptors (Lipinski definition) is 2. The Kier molecular flexibility index (Phi) is 3.01. The molecule has 1 unspecified atom stereocenters. The molecular weight excluding hydrogens is 238 g/mol. The lowest BCUT2D eigenvalue weighted by Crippen LogP contribution is -2.34. The summed E-state index contributed by atoms with van der Waals surface area (Å²) in [6, 6.07) is 7.96. The van der Waals surface area contributed by atoms with Gasteiger partial charge in [-0.2, -0.15) is 4.99 Å². The van der Waals surface area contributed by atoms with Crippen molar-refractivity contribution in [3.63, 3.8) is 0 Å². The highest BCUT2D eigenvalue weighted by molar-refractivity contribution is 6.03. The van der Waals surface area contributed by atoms with Crippen LogP contribution in [0.2, 0.25) is 0 Å². The van der Waals surface area contributed by atoms with E-state index in [0.717, 1.165) is 12.0 Å². The molecule has 19 heavy (non-hydrogen) atoms. The van der Waals surface area contributed by atoms with Gasteiger partial charge in [0.1, 0.15) is 11.9 Å². The molecule has 1 heterocycles. The topological polar surface area (TPSA) is 58.7 Å². The molecule has 1 saturated carbocycles. The molecule has 4 heteroatoms. The van der Waals surface area contributed by atoms with Crippen molar-refractivity contribution >= 4 is 11.9 Å². The molecule has 0 bridgehead atoms. The summed E-state index contributed by atoms with van der Waals surface area (Å²) in [7, 11) is 0. The van der Waals surface area contributed by atoms with Gasteiger partial charge in [-0.25, -0.2) is 4.79 Å². The lowest BCUT2D eigenvalue weighted by Gasteiger charge is -2.26. The van der Waals surface area contributed by atoms with E-state index in [0.29, 0.717) is 18.3 Å². The van der Waals surface area contributed by atoms with Gasteiger partial charge in [0.25, 0.3) is 0 Å². The summed E-state index contributed by atoms with van der Waals surface area (Å²) in [6.07, 6.45) is 3.39. The van der Waals surface area contributed by atoms with Crippen molar-refractivity contribution < 1.29 is 4.79 Å². The van der Waals surface area contributed by atoms with E-state index < -0.39 is 0 Å². The average molecular weight is 257 g/mol. The third kappa shape index (κ3) is 2.11. The first-order valence-electron chi connectivity index (χ1n) is 6.96. The lowest BCUT2D eigenvalue weighted by molar-refractivity contribution is 0.206. The Labute approximate surface area is 113 Å². The van der Waals surface area contributed by atoms with Crippen LogP contribution in [0.5, 0.6) is 0 Å². The number of urea groups is 1. The van der Waals surface area contributed by atoms with E-state index in [1.54, 1.807) is 4.90 Å². The maximum Gasteiger partial charge on any atom is 0.346 e. The highest BCUT2D eigenvalue weighted by atomic mass is 16.2. The van der Waals surface area contributed by atoms with Crippen molar-refractivity contribution in [2.45, 2.75) is 38.1 Å². The summed E-state index contributed by atoms with van der Waals surface area (Å²) in [5.41, 5.74) is 8.49. The molecule has 1 fully saturated rings. The number of benzene rings is 1. The molecule has 0 radical (unpaired) electrons. The Balaban J connectivity index is 2.00. The van der Waals surface area contributed by atoms with Crippen LogP contribution < -0.4 is 5.73 Å². The van der Waals surface area contributed by atoms with E-state index in [9.17, 15) is 4.79 Å². The van der Waals surface area contributed by atoms with E-state index in [2.05, 4.69) is 30.1 Å². The fraction of sp³-hybridized carbons (Fsp3) is 0.467. The van der Waals surface area contributed by atoms with Crippen LogP contribution in [0.1, 0.15) is 49.3 Å². The monoisotopic (exact) mass is 257 g/mol. The number of nitrogens with zero attached hydrogens (tertiary/aromatic N) is 2. The van der Waals surface area contributed by atoms with Crippen LogP contribution in [0, 0.1) is 0 Å². The molecule has 0 aromatic heterocycles. The van der Waals surface area contributed by atoms with Gasteiger partial charge in [0.15, 0.2) is 0 Å². The first kappa shape index (κ1) is 12.2. The van der Waals surface area contributed by atoms with Gasteiger partial charge in [-0.3, -0.25) is 0 Å². The van der Waals surface area contributed by atoms with Crippen molar-refractivity contribution in [2.24, 2.45) is 10.7 Å². The zero-order valence-corrected chi connectivity index (χ0v) is 11.2. The molecule has 3 rings (SSSR count). The van der Waals surface area contributed by atoms with Crippen LogP contribution in [-0.2, 0) is 0 Å². The van der Waals surface area contributed by atoms with Gasteiger partial charge in [0, 0.05) is 6.54 Å². The second-order valence-electron chi connectivity index (χ2n) is 5.32. The quantitative estimate of drug-likeness (QED) is 0.901. The number of rotatable bonds is 4. The van der Waals surface area contributed by atoms with Crippen molar-refractivity contribution in [1.29, 1.82) is 0 Å². The highest BCUT2D eigenvalue weighted by Gasteiger charge is 2.37. The summed E-state index contributed by atoms with van der Waals surface area (Å²) >= 11 is 0. The zero-order valence-electron chi connectivity index (χ0n) is 11.2. The minimum absolute atomic E-state index is 0.163. The van der Waals surface area contributed by atoms with E-state index in [-0.39, 0.29) is 12.1 Å². The third-order valence-corrected chi connectivity index (χ3v) is 3.83. The molecule has 2 amide bonds. The van der Waals surface area contributed by atoms with Gasteiger partial charge in [0.2, 0.25) is 0 Å². The summed E-state index contributed by atoms with van der Waals surface area (Å²) in [4.78, 5) is 17.7. The second kappa shape index (κ2) is 4.68. The van der Waals surface area contributed by atoms with Crippen LogP contribution >= 0.6 is 0 Å². The number of carbonyl (C=O) groups is 1. The first-order valence-corrected chi connectivity index (χ1v) is 6.96. The molecule has 2 aliphatic rings. The van der Waals surface area contributed by atoms with Crippen LogP contribution in [0.15, 0.2) is 29.3 Å². The van der Waals surface area contributed by atoms with E-state index in [1.807, 2.05) is 6.07 Å². The Morgan fingerprint density at radius 1 is 1.32 bits per heavy atom. The third-order valence-electron chi connectivity index (χ3n) is 3.83. The van der Waals surface area contributed by atoms with Crippen molar-refractivity contribution in [2.75, 3.05) is 6.54 Å². The zero-order chi connectivity index (χ0) is 13.4. The molecule has 2 N–H and O–H groups in total. The van der Waals surface area contributed by atoms with E-state index in [1.165, 1.54) is 18.4 Å². The maximum atomic E-state index is 11.9. The average Bonchev–Trinajstić information content (AvgIpc) is 3.19. The summed E-state index contributed by atoms with van der Waals surface area (Å²) in [5, 5.41) is 0. The van der Waals surface area contributed by atoms with E-state index >= 15 is 0 Å². The Hall–Kier alpha value is -1.84. The standard InChI is InChI=1S/C15H19N3O/c1-2-9-18-13(14(16)17-15(18)19)12-6-4-3-5-11(12)10-7-8-10/h3-6,10,13H,2,7-9H2,1H3,(H2,16,17,19). The van der Waals surface area contributed by atoms with E-state index in [4.69, 9.17) is 5.73 Å². The molecule has 4 nitrogen and oxygen atoms in total. The number of amidine groups is 1. The minimum atomic E-state index is -0.199. The maximum absolute atomic E-state index is 11.9. The predicted molar refractivity (Wildman–Crippen MR) is 75.2 cm³/mol. The van der Waals surface area contributed by atoms with Crippen LogP contribution in [0.3, 0.4) is 0 Å². The molecule has 0 spiro atoms. The normalized spacial score (nSPS) is 22.8. The fourth-order valence-electron chi connectivity index (χ4n) is 2.82. The number of amides is 2. The number of hydrogen-bond donors (Lipinski definition) is 1. The Bertz CT molecular complexity index is 534. The van der Waals surface area contributed by atoms with Gasteiger partial charge in [-0.1, -0.05) is 31.2 Å². The van der Waals surface area contributed by atoms with Crippen molar-refractivity contribution in [3.8, 4) is 0 Å². The Morgan fingerprint density at radius 3 is 2.63 bits per heavy atom. The van der Waals surface area contributed by atoms with Crippen LogP contribution in [0.4, 0.5) is 4.79 Å². The molecule has 1 atom stereocenters. The molecule has 100 valence electrons. The number of carbonyl (C=O) groups excluding carboxylic acids is 1. The Morgan fingerprint density at radius 2 is 2.00 bits per heavy atom. The van der Waals surface area contributed by atoms with Crippen LogP contribution in [0.25, 0.3) is 0 Å². The lowest BCUT2D eigenvalue weighted by atomic mass is 9.96. The predicted octanol–water partition coefficient (Wildman–Crippen LogP) is 2.81.